The smallest absolute Gasteiger partial charge is 0.255 e. The normalized spacial score (nSPS) is 14.1. The fourth-order valence-electron chi connectivity index (χ4n) is 3.80. The molecule has 33 heavy (non-hydrogen) atoms. The van der Waals surface area contributed by atoms with E-state index in [1.165, 1.54) is 11.3 Å². The van der Waals surface area contributed by atoms with Crippen LogP contribution < -0.4 is 19.7 Å². The molecule has 0 saturated carbocycles. The van der Waals surface area contributed by atoms with Gasteiger partial charge in [-0.25, -0.2) is 0 Å². The molecule has 4 rings (SSSR count). The highest BCUT2D eigenvalue weighted by Crippen LogP contribution is 2.29. The van der Waals surface area contributed by atoms with Gasteiger partial charge in [-0.3, -0.25) is 4.79 Å². The van der Waals surface area contributed by atoms with Gasteiger partial charge in [0.1, 0.15) is 6.61 Å². The van der Waals surface area contributed by atoms with Crippen molar-refractivity contribution < 1.29 is 14.3 Å². The number of carbonyl (C=O) groups excluding carboxylic acids is 1. The monoisotopic (exact) mass is 445 g/mol. The molecule has 3 aromatic rings. The number of anilines is 2. The van der Waals surface area contributed by atoms with E-state index in [9.17, 15) is 4.79 Å². The summed E-state index contributed by atoms with van der Waals surface area (Å²) in [5.41, 5.74) is 4.73. The van der Waals surface area contributed by atoms with Gasteiger partial charge in [-0.15, -0.1) is 0 Å². The van der Waals surface area contributed by atoms with Crippen LogP contribution in [0.3, 0.4) is 0 Å². The third kappa shape index (κ3) is 5.84. The topological polar surface area (TPSA) is 54.0 Å². The van der Waals surface area contributed by atoms with E-state index in [1.54, 1.807) is 25.3 Å². The summed E-state index contributed by atoms with van der Waals surface area (Å²) in [5, 5.41) is 2.97. The van der Waals surface area contributed by atoms with E-state index in [0.717, 1.165) is 37.4 Å². The number of nitrogens with one attached hydrogen (secondary N) is 1. The van der Waals surface area contributed by atoms with Gasteiger partial charge in [0.25, 0.3) is 5.91 Å². The highest BCUT2D eigenvalue weighted by atomic mass is 16.5. The SMILES string of the molecule is COc1cc(C(=O)Nc2ccc(N3CCN(C)CC3)cc2)ccc1OCc1ccc(C)cc1. The molecule has 0 spiro atoms. The van der Waals surface area contributed by atoms with E-state index in [0.29, 0.717) is 23.7 Å². The Morgan fingerprint density at radius 3 is 2.27 bits per heavy atom. The molecule has 1 saturated heterocycles. The second kappa shape index (κ2) is 10.4. The molecule has 0 bridgehead atoms. The lowest BCUT2D eigenvalue weighted by molar-refractivity contribution is 0.102. The lowest BCUT2D eigenvalue weighted by Gasteiger charge is -2.34. The summed E-state index contributed by atoms with van der Waals surface area (Å²) in [6.45, 7) is 6.64. The molecule has 1 amide bonds. The number of hydrogen-bond acceptors (Lipinski definition) is 5. The maximum atomic E-state index is 12.8. The second-order valence-corrected chi connectivity index (χ2v) is 8.43. The first-order valence-electron chi connectivity index (χ1n) is 11.2. The molecule has 0 aliphatic carbocycles. The fourth-order valence-corrected chi connectivity index (χ4v) is 3.80. The third-order valence-electron chi connectivity index (χ3n) is 5.93. The molecule has 1 heterocycles. The van der Waals surface area contributed by atoms with Gasteiger partial charge >= 0.3 is 0 Å². The van der Waals surface area contributed by atoms with Crippen molar-refractivity contribution in [1.29, 1.82) is 0 Å². The number of aryl methyl sites for hydroxylation is 1. The Morgan fingerprint density at radius 1 is 0.909 bits per heavy atom. The zero-order chi connectivity index (χ0) is 23.2. The lowest BCUT2D eigenvalue weighted by atomic mass is 10.1. The van der Waals surface area contributed by atoms with Crippen molar-refractivity contribution in [3.05, 3.63) is 83.4 Å². The van der Waals surface area contributed by atoms with Crippen molar-refractivity contribution in [2.75, 3.05) is 50.6 Å². The molecular formula is C27H31N3O3. The molecule has 0 aromatic heterocycles. The molecule has 1 N–H and O–H groups in total. The average Bonchev–Trinajstić information content (AvgIpc) is 2.84. The zero-order valence-electron chi connectivity index (χ0n) is 19.5. The zero-order valence-corrected chi connectivity index (χ0v) is 19.5. The number of amides is 1. The summed E-state index contributed by atoms with van der Waals surface area (Å²) in [7, 11) is 3.72. The van der Waals surface area contributed by atoms with Crippen LogP contribution in [0, 0.1) is 6.92 Å². The number of likely N-dealkylation sites (N-methyl/N-ethyl adjacent to an activating group) is 1. The quantitative estimate of drug-likeness (QED) is 0.577. The van der Waals surface area contributed by atoms with Crippen LogP contribution in [0.2, 0.25) is 0 Å². The Balaban J connectivity index is 1.38. The van der Waals surface area contributed by atoms with Crippen LogP contribution in [0.5, 0.6) is 11.5 Å². The van der Waals surface area contributed by atoms with Crippen LogP contribution in [0.4, 0.5) is 11.4 Å². The Kier molecular flexibility index (Phi) is 7.15. The van der Waals surface area contributed by atoms with Crippen molar-refractivity contribution >= 4 is 17.3 Å². The first-order valence-corrected chi connectivity index (χ1v) is 11.2. The van der Waals surface area contributed by atoms with Crippen molar-refractivity contribution in [2.24, 2.45) is 0 Å². The molecule has 1 fully saturated rings. The van der Waals surface area contributed by atoms with Gasteiger partial charge in [0.2, 0.25) is 0 Å². The van der Waals surface area contributed by atoms with Gasteiger partial charge in [0.15, 0.2) is 11.5 Å². The number of methoxy groups -OCH3 is 1. The lowest BCUT2D eigenvalue weighted by Crippen LogP contribution is -2.44. The summed E-state index contributed by atoms with van der Waals surface area (Å²) in [4.78, 5) is 17.5. The van der Waals surface area contributed by atoms with E-state index >= 15 is 0 Å². The van der Waals surface area contributed by atoms with Gasteiger partial charge in [-0.05, 0) is 62.0 Å². The molecule has 1 aliphatic heterocycles. The highest BCUT2D eigenvalue weighted by molar-refractivity contribution is 6.04. The predicted octanol–water partition coefficient (Wildman–Crippen LogP) is 4.59. The first kappa shape index (κ1) is 22.7. The standard InChI is InChI=1S/C27H31N3O3/c1-20-4-6-21(7-5-20)19-33-25-13-8-22(18-26(25)32-3)27(31)28-23-9-11-24(12-10-23)30-16-14-29(2)15-17-30/h4-13,18H,14-17,19H2,1-3H3,(H,28,31). The van der Waals surface area contributed by atoms with Gasteiger partial charge in [0, 0.05) is 43.1 Å². The number of piperazine rings is 1. The minimum absolute atomic E-state index is 0.189. The van der Waals surface area contributed by atoms with Gasteiger partial charge in [0.05, 0.1) is 7.11 Å². The van der Waals surface area contributed by atoms with Crippen LogP contribution in [0.1, 0.15) is 21.5 Å². The molecule has 0 atom stereocenters. The van der Waals surface area contributed by atoms with E-state index in [4.69, 9.17) is 9.47 Å². The molecule has 0 radical (unpaired) electrons. The maximum Gasteiger partial charge on any atom is 0.255 e. The van der Waals surface area contributed by atoms with Crippen LogP contribution >= 0.6 is 0 Å². The van der Waals surface area contributed by atoms with Crippen LogP contribution in [0.15, 0.2) is 66.7 Å². The number of nitrogens with zero attached hydrogens (tertiary/aromatic N) is 2. The number of ether oxygens (including phenoxy) is 2. The van der Waals surface area contributed by atoms with Crippen LogP contribution in [-0.2, 0) is 6.61 Å². The minimum Gasteiger partial charge on any atom is -0.493 e. The summed E-state index contributed by atoms with van der Waals surface area (Å²) >= 11 is 0. The fraction of sp³-hybridized carbons (Fsp3) is 0.296. The number of rotatable bonds is 7. The van der Waals surface area contributed by atoms with Crippen molar-refractivity contribution in [3.63, 3.8) is 0 Å². The van der Waals surface area contributed by atoms with Crippen molar-refractivity contribution in [3.8, 4) is 11.5 Å². The minimum atomic E-state index is -0.189. The van der Waals surface area contributed by atoms with Gasteiger partial charge in [-0.1, -0.05) is 29.8 Å². The van der Waals surface area contributed by atoms with Crippen molar-refractivity contribution in [2.45, 2.75) is 13.5 Å². The van der Waals surface area contributed by atoms with Crippen LogP contribution in [0.25, 0.3) is 0 Å². The van der Waals surface area contributed by atoms with Gasteiger partial charge in [-0.2, -0.15) is 0 Å². The Labute approximate surface area is 195 Å². The number of carbonyl (C=O) groups is 1. The molecule has 172 valence electrons. The van der Waals surface area contributed by atoms with Crippen molar-refractivity contribution in [1.82, 2.24) is 4.90 Å². The highest BCUT2D eigenvalue weighted by Gasteiger charge is 2.15. The average molecular weight is 446 g/mol. The molecule has 0 unspecified atom stereocenters. The molecule has 3 aromatic carbocycles. The molecule has 1 aliphatic rings. The van der Waals surface area contributed by atoms with E-state index in [-0.39, 0.29) is 5.91 Å². The third-order valence-corrected chi connectivity index (χ3v) is 5.93. The maximum absolute atomic E-state index is 12.8. The first-order chi connectivity index (χ1) is 16.0. The summed E-state index contributed by atoms with van der Waals surface area (Å²) in [6, 6.07) is 21.4. The molecule has 6 nitrogen and oxygen atoms in total. The van der Waals surface area contributed by atoms with Crippen LogP contribution in [-0.4, -0.2) is 51.1 Å². The largest absolute Gasteiger partial charge is 0.493 e. The summed E-state index contributed by atoms with van der Waals surface area (Å²) in [5.74, 6) is 0.942. The van der Waals surface area contributed by atoms with E-state index < -0.39 is 0 Å². The summed E-state index contributed by atoms with van der Waals surface area (Å²) in [6.07, 6.45) is 0. The Hall–Kier alpha value is -3.51. The molecule has 6 heteroatoms. The van der Waals surface area contributed by atoms with E-state index in [2.05, 4.69) is 53.4 Å². The number of benzene rings is 3. The Morgan fingerprint density at radius 2 is 1.61 bits per heavy atom. The summed E-state index contributed by atoms with van der Waals surface area (Å²) < 4.78 is 11.4. The Bertz CT molecular complexity index is 1070. The molecular weight excluding hydrogens is 414 g/mol. The van der Waals surface area contributed by atoms with Gasteiger partial charge < -0.3 is 24.6 Å². The second-order valence-electron chi connectivity index (χ2n) is 8.43. The van der Waals surface area contributed by atoms with E-state index in [1.807, 2.05) is 24.3 Å². The number of hydrogen-bond donors (Lipinski definition) is 1. The predicted molar refractivity (Wildman–Crippen MR) is 133 cm³/mol.